The topological polar surface area (TPSA) is 62.2 Å². The van der Waals surface area contributed by atoms with Crippen molar-refractivity contribution in [2.24, 2.45) is 11.8 Å². The van der Waals surface area contributed by atoms with E-state index in [1.165, 1.54) is 0 Å². The average Bonchev–Trinajstić information content (AvgIpc) is 3.03. The number of amides is 1. The minimum Gasteiger partial charge on any atom is -0.345 e. The van der Waals surface area contributed by atoms with Gasteiger partial charge in [0.25, 0.3) is 0 Å². The number of carbonyl (C=O) groups is 1. The van der Waals surface area contributed by atoms with Crippen LogP contribution in [0.15, 0.2) is 24.4 Å². The molecule has 0 aromatic carbocycles. The molecule has 2 aromatic rings. The molecule has 0 bridgehead atoms. The fourth-order valence-corrected chi connectivity index (χ4v) is 3.97. The van der Waals surface area contributed by atoms with Crippen LogP contribution in [0.1, 0.15) is 17.8 Å². The summed E-state index contributed by atoms with van der Waals surface area (Å²) in [4.78, 5) is 30.2. The van der Waals surface area contributed by atoms with Gasteiger partial charge in [0.1, 0.15) is 0 Å². The molecule has 2 saturated heterocycles. The Morgan fingerprint density at radius 3 is 2.76 bits per heavy atom. The van der Waals surface area contributed by atoms with Crippen LogP contribution in [-0.4, -0.2) is 52.4 Å². The summed E-state index contributed by atoms with van der Waals surface area (Å²) in [6, 6.07) is 5.99. The lowest BCUT2D eigenvalue weighted by molar-refractivity contribution is -0.137. The molecular weight excluding hydrogens is 314 g/mol. The van der Waals surface area contributed by atoms with Crippen molar-refractivity contribution in [1.82, 2.24) is 19.9 Å². The lowest BCUT2D eigenvalue weighted by Crippen LogP contribution is -2.42. The monoisotopic (exact) mass is 337 g/mol. The number of anilines is 1. The highest BCUT2D eigenvalue weighted by Crippen LogP contribution is 2.33. The molecule has 1 amide bonds. The van der Waals surface area contributed by atoms with Crippen molar-refractivity contribution >= 4 is 11.9 Å². The predicted octanol–water partition coefficient (Wildman–Crippen LogP) is 2.07. The maximum atomic E-state index is 12.4. The largest absolute Gasteiger partial charge is 0.345 e. The van der Waals surface area contributed by atoms with Crippen LogP contribution < -0.4 is 4.90 Å². The van der Waals surface area contributed by atoms with Crippen LogP contribution in [0.2, 0.25) is 0 Å². The molecule has 0 saturated carbocycles. The van der Waals surface area contributed by atoms with Crippen LogP contribution in [0.5, 0.6) is 0 Å². The standard InChI is InChI=1S/C19H23N5O/c1-12-4-5-15(13(2)21-12)17-6-8-20-19(22-17)24-10-14-7-9-23(3)18(25)16(14)11-24/h4-6,8,14,16H,7,9-11H2,1-3H3/t14-,16+/m1/s1. The number of pyridine rings is 1. The smallest absolute Gasteiger partial charge is 0.227 e. The van der Waals surface area contributed by atoms with Gasteiger partial charge in [0.05, 0.1) is 11.6 Å². The minimum atomic E-state index is 0.0776. The van der Waals surface area contributed by atoms with Crippen LogP contribution in [-0.2, 0) is 4.79 Å². The third kappa shape index (κ3) is 2.86. The van der Waals surface area contributed by atoms with Crippen LogP contribution >= 0.6 is 0 Å². The van der Waals surface area contributed by atoms with E-state index >= 15 is 0 Å². The van der Waals surface area contributed by atoms with Crippen LogP contribution in [0.3, 0.4) is 0 Å². The number of fused-ring (bicyclic) bond motifs is 1. The van der Waals surface area contributed by atoms with E-state index in [-0.39, 0.29) is 11.8 Å². The lowest BCUT2D eigenvalue weighted by Gasteiger charge is -2.30. The molecule has 6 nitrogen and oxygen atoms in total. The molecule has 2 atom stereocenters. The van der Waals surface area contributed by atoms with E-state index in [4.69, 9.17) is 4.98 Å². The van der Waals surface area contributed by atoms with Gasteiger partial charge in [-0.25, -0.2) is 9.97 Å². The highest BCUT2D eigenvalue weighted by molar-refractivity contribution is 5.81. The number of hydrogen-bond donors (Lipinski definition) is 0. The Balaban J connectivity index is 1.61. The van der Waals surface area contributed by atoms with Gasteiger partial charge in [0.2, 0.25) is 11.9 Å². The molecule has 0 radical (unpaired) electrons. The fraction of sp³-hybridized carbons (Fsp3) is 0.474. The number of carbonyl (C=O) groups excluding carboxylic acids is 1. The van der Waals surface area contributed by atoms with Crippen LogP contribution in [0.25, 0.3) is 11.3 Å². The molecule has 4 rings (SSSR count). The first kappa shape index (κ1) is 16.0. The van der Waals surface area contributed by atoms with Crippen molar-refractivity contribution in [2.75, 3.05) is 31.6 Å². The SMILES string of the molecule is Cc1ccc(-c2ccnc(N3C[C@H]4CCN(C)C(=O)[C@H]4C3)n2)c(C)n1. The van der Waals surface area contributed by atoms with Gasteiger partial charge in [-0.1, -0.05) is 0 Å². The molecule has 2 aliphatic rings. The van der Waals surface area contributed by atoms with Gasteiger partial charge >= 0.3 is 0 Å². The molecule has 6 heteroatoms. The first-order valence-corrected chi connectivity index (χ1v) is 8.80. The van der Waals surface area contributed by atoms with Crippen molar-refractivity contribution in [3.63, 3.8) is 0 Å². The summed E-state index contributed by atoms with van der Waals surface area (Å²) in [5, 5.41) is 0. The Morgan fingerprint density at radius 2 is 1.96 bits per heavy atom. The second-order valence-corrected chi connectivity index (χ2v) is 7.15. The second kappa shape index (κ2) is 6.10. The molecule has 2 aromatic heterocycles. The third-order valence-corrected chi connectivity index (χ3v) is 5.40. The molecule has 0 spiro atoms. The third-order valence-electron chi connectivity index (χ3n) is 5.40. The van der Waals surface area contributed by atoms with Gasteiger partial charge in [-0.3, -0.25) is 9.78 Å². The van der Waals surface area contributed by atoms with E-state index in [1.54, 1.807) is 6.20 Å². The number of likely N-dealkylation sites (tertiary alicyclic amines) is 1. The highest BCUT2D eigenvalue weighted by atomic mass is 16.2. The normalized spacial score (nSPS) is 23.1. The molecule has 130 valence electrons. The first-order valence-electron chi connectivity index (χ1n) is 8.80. The molecule has 2 fully saturated rings. The number of hydrogen-bond acceptors (Lipinski definition) is 5. The summed E-state index contributed by atoms with van der Waals surface area (Å²) in [6.07, 6.45) is 2.86. The summed E-state index contributed by atoms with van der Waals surface area (Å²) in [6.45, 7) is 6.41. The second-order valence-electron chi connectivity index (χ2n) is 7.15. The van der Waals surface area contributed by atoms with Crippen LogP contribution in [0.4, 0.5) is 5.95 Å². The average molecular weight is 337 g/mol. The fourth-order valence-electron chi connectivity index (χ4n) is 3.97. The molecule has 2 aliphatic heterocycles. The van der Waals surface area contributed by atoms with Crippen molar-refractivity contribution in [3.8, 4) is 11.3 Å². The number of nitrogens with zero attached hydrogens (tertiary/aromatic N) is 5. The summed E-state index contributed by atoms with van der Waals surface area (Å²) in [5.41, 5.74) is 3.88. The molecule has 0 unspecified atom stereocenters. The molecule has 0 N–H and O–H groups in total. The lowest BCUT2D eigenvalue weighted by atomic mass is 9.88. The Hall–Kier alpha value is -2.50. The number of rotatable bonds is 2. The van der Waals surface area contributed by atoms with Crippen molar-refractivity contribution in [1.29, 1.82) is 0 Å². The molecule has 25 heavy (non-hydrogen) atoms. The van der Waals surface area contributed by atoms with Gasteiger partial charge in [-0.05, 0) is 44.4 Å². The Labute approximate surface area is 147 Å². The van der Waals surface area contributed by atoms with Gasteiger partial charge in [0.15, 0.2) is 0 Å². The highest BCUT2D eigenvalue weighted by Gasteiger charge is 2.42. The minimum absolute atomic E-state index is 0.0776. The zero-order chi connectivity index (χ0) is 17.6. The van der Waals surface area contributed by atoms with E-state index in [0.29, 0.717) is 18.4 Å². The zero-order valence-electron chi connectivity index (χ0n) is 14.9. The van der Waals surface area contributed by atoms with Crippen molar-refractivity contribution in [2.45, 2.75) is 20.3 Å². The molecule has 0 aliphatic carbocycles. The maximum Gasteiger partial charge on any atom is 0.227 e. The van der Waals surface area contributed by atoms with Crippen LogP contribution in [0, 0.1) is 25.7 Å². The first-order chi connectivity index (χ1) is 12.0. The van der Waals surface area contributed by atoms with Crippen molar-refractivity contribution < 1.29 is 4.79 Å². The van der Waals surface area contributed by atoms with Gasteiger partial charge in [0, 0.05) is 49.8 Å². The molecule has 4 heterocycles. The number of piperidine rings is 1. The zero-order valence-corrected chi connectivity index (χ0v) is 14.9. The predicted molar refractivity (Wildman–Crippen MR) is 96.2 cm³/mol. The Bertz CT molecular complexity index is 821. The van der Waals surface area contributed by atoms with E-state index in [2.05, 4.69) is 20.9 Å². The molecular formula is C19H23N5O. The van der Waals surface area contributed by atoms with E-state index in [9.17, 15) is 4.79 Å². The Kier molecular flexibility index (Phi) is 3.90. The summed E-state index contributed by atoms with van der Waals surface area (Å²) in [5.74, 6) is 1.46. The van der Waals surface area contributed by atoms with E-state index in [1.807, 2.05) is 37.9 Å². The quantitative estimate of drug-likeness (QED) is 0.839. The van der Waals surface area contributed by atoms with Gasteiger partial charge in [-0.15, -0.1) is 0 Å². The summed E-state index contributed by atoms with van der Waals surface area (Å²) < 4.78 is 0. The van der Waals surface area contributed by atoms with E-state index in [0.717, 1.165) is 42.2 Å². The van der Waals surface area contributed by atoms with Gasteiger partial charge in [-0.2, -0.15) is 0 Å². The van der Waals surface area contributed by atoms with E-state index < -0.39 is 0 Å². The Morgan fingerprint density at radius 1 is 1.12 bits per heavy atom. The summed E-state index contributed by atoms with van der Waals surface area (Å²) in [7, 11) is 1.89. The van der Waals surface area contributed by atoms with Gasteiger partial charge < -0.3 is 9.80 Å². The van der Waals surface area contributed by atoms with Crippen molar-refractivity contribution in [3.05, 3.63) is 35.8 Å². The number of aromatic nitrogens is 3. The number of aryl methyl sites for hydroxylation is 2. The maximum absolute atomic E-state index is 12.4. The summed E-state index contributed by atoms with van der Waals surface area (Å²) >= 11 is 0.